The van der Waals surface area contributed by atoms with Crippen molar-refractivity contribution in [1.29, 1.82) is 5.26 Å². The molecule has 1 unspecified atom stereocenters. The van der Waals surface area contributed by atoms with E-state index in [2.05, 4.69) is 0 Å². The van der Waals surface area contributed by atoms with Crippen molar-refractivity contribution in [2.24, 2.45) is 5.92 Å². The fourth-order valence-corrected chi connectivity index (χ4v) is 1.10. The molecule has 1 heterocycles. The molecule has 0 N–H and O–H groups in total. The Bertz CT molecular complexity index is 192. The lowest BCUT2D eigenvalue weighted by molar-refractivity contribution is -0.142. The minimum absolute atomic E-state index is 0.0406. The molecule has 1 atom stereocenters. The van der Waals surface area contributed by atoms with Gasteiger partial charge in [0.1, 0.15) is 0 Å². The van der Waals surface area contributed by atoms with Gasteiger partial charge in [-0.15, -0.1) is 0 Å². The maximum atomic E-state index is 10.7. The van der Waals surface area contributed by atoms with Gasteiger partial charge in [-0.25, -0.2) is 4.90 Å². The molecule has 0 radical (unpaired) electrons. The summed E-state index contributed by atoms with van der Waals surface area (Å²) < 4.78 is 0. The first-order valence-electron chi connectivity index (χ1n) is 3.38. The summed E-state index contributed by atoms with van der Waals surface area (Å²) in [4.78, 5) is 11.9. The van der Waals surface area contributed by atoms with Crippen LogP contribution in [0.3, 0.4) is 0 Å². The summed E-state index contributed by atoms with van der Waals surface area (Å²) in [5.41, 5.74) is 0. The van der Waals surface area contributed by atoms with Crippen molar-refractivity contribution in [3.8, 4) is 6.19 Å². The van der Waals surface area contributed by atoms with Crippen molar-refractivity contribution in [3.05, 3.63) is 0 Å². The van der Waals surface area contributed by atoms with Gasteiger partial charge in [-0.3, -0.25) is 4.79 Å². The lowest BCUT2D eigenvalue weighted by Crippen LogP contribution is -2.52. The summed E-state index contributed by atoms with van der Waals surface area (Å²) in [7, 11) is 0. The number of nitrogens with zero attached hydrogens (tertiary/aromatic N) is 2. The summed E-state index contributed by atoms with van der Waals surface area (Å²) in [5, 5.41) is 8.43. The summed E-state index contributed by atoms with van der Waals surface area (Å²) in [6.07, 6.45) is 2.41. The smallest absolute Gasteiger partial charge is 0.237 e. The summed E-state index contributed by atoms with van der Waals surface area (Å²) in [6, 6.07) is 0.164. The number of carbonyl (C=O) groups is 1. The third kappa shape index (κ3) is 0.860. The van der Waals surface area contributed by atoms with E-state index in [1.165, 1.54) is 4.90 Å². The number of rotatable bonds is 1. The second-order valence-corrected chi connectivity index (χ2v) is 2.88. The van der Waals surface area contributed by atoms with Crippen LogP contribution in [0.4, 0.5) is 0 Å². The second kappa shape index (κ2) is 2.30. The fourth-order valence-electron chi connectivity index (χ4n) is 1.10. The molecule has 0 aromatic carbocycles. The Hall–Kier alpha value is -1.04. The first kappa shape index (κ1) is 7.07. The fraction of sp³-hybridized carbons (Fsp3) is 0.714. The van der Waals surface area contributed by atoms with Crippen LogP contribution in [0.5, 0.6) is 0 Å². The Morgan fingerprint density at radius 3 is 2.60 bits per heavy atom. The van der Waals surface area contributed by atoms with Gasteiger partial charge >= 0.3 is 0 Å². The van der Waals surface area contributed by atoms with Crippen LogP contribution >= 0.6 is 0 Å². The number of nitriles is 1. The van der Waals surface area contributed by atoms with Gasteiger partial charge in [0, 0.05) is 6.42 Å². The number of carbonyl (C=O) groups excluding carboxylic acids is 1. The van der Waals surface area contributed by atoms with Crippen LogP contribution in [-0.4, -0.2) is 16.8 Å². The molecule has 10 heavy (non-hydrogen) atoms. The minimum atomic E-state index is -0.0406. The maximum Gasteiger partial charge on any atom is 0.237 e. The highest BCUT2D eigenvalue weighted by Gasteiger charge is 2.38. The second-order valence-electron chi connectivity index (χ2n) is 2.88. The van der Waals surface area contributed by atoms with E-state index >= 15 is 0 Å². The van der Waals surface area contributed by atoms with Crippen molar-refractivity contribution in [3.63, 3.8) is 0 Å². The van der Waals surface area contributed by atoms with E-state index in [0.717, 1.165) is 0 Å². The van der Waals surface area contributed by atoms with Gasteiger partial charge in [-0.1, -0.05) is 13.8 Å². The highest BCUT2D eigenvalue weighted by molar-refractivity contribution is 5.84. The SMILES string of the molecule is CC(C)C1CC(=O)N1C#N. The molecule has 0 spiro atoms. The molecule has 54 valence electrons. The average molecular weight is 138 g/mol. The number of amides is 1. The van der Waals surface area contributed by atoms with Gasteiger partial charge in [0.05, 0.1) is 6.04 Å². The molecule has 3 nitrogen and oxygen atoms in total. The summed E-state index contributed by atoms with van der Waals surface area (Å²) in [6.45, 7) is 4.03. The van der Waals surface area contributed by atoms with E-state index in [-0.39, 0.29) is 11.9 Å². The molecule has 1 rings (SSSR count). The van der Waals surface area contributed by atoms with Crippen molar-refractivity contribution >= 4 is 5.91 Å². The standard InChI is InChI=1S/C7H10N2O/c1-5(2)6-3-7(10)9(6)4-8/h5-6H,3H2,1-2H3. The van der Waals surface area contributed by atoms with Gasteiger partial charge in [-0.2, -0.15) is 5.26 Å². The number of β-lactam (4-membered cyclic amide) rings is 1. The predicted octanol–water partition coefficient (Wildman–Crippen LogP) is 0.724. The van der Waals surface area contributed by atoms with Gasteiger partial charge < -0.3 is 0 Å². The van der Waals surface area contributed by atoms with Crippen LogP contribution in [-0.2, 0) is 4.79 Å². The van der Waals surface area contributed by atoms with E-state index in [0.29, 0.717) is 12.3 Å². The van der Waals surface area contributed by atoms with E-state index in [1.54, 1.807) is 0 Å². The molecule has 0 aromatic rings. The zero-order valence-electron chi connectivity index (χ0n) is 6.16. The van der Waals surface area contributed by atoms with Gasteiger partial charge in [0.2, 0.25) is 5.91 Å². The normalized spacial score (nSPS) is 24.4. The van der Waals surface area contributed by atoms with E-state index < -0.39 is 0 Å². The predicted molar refractivity (Wildman–Crippen MR) is 35.7 cm³/mol. The molecule has 0 saturated carbocycles. The molecule has 0 aliphatic carbocycles. The monoisotopic (exact) mass is 138 g/mol. The quantitative estimate of drug-likeness (QED) is 0.396. The Morgan fingerprint density at radius 1 is 1.80 bits per heavy atom. The molecule has 0 bridgehead atoms. The maximum absolute atomic E-state index is 10.7. The topological polar surface area (TPSA) is 44.1 Å². The molecule has 1 saturated heterocycles. The van der Waals surface area contributed by atoms with Gasteiger partial charge in [0.15, 0.2) is 6.19 Å². The highest BCUT2D eigenvalue weighted by atomic mass is 16.2. The number of hydrogen-bond acceptors (Lipinski definition) is 2. The van der Waals surface area contributed by atoms with Crippen LogP contribution in [0.15, 0.2) is 0 Å². The van der Waals surface area contributed by atoms with Crippen LogP contribution in [0.1, 0.15) is 20.3 Å². The molecular weight excluding hydrogens is 128 g/mol. The largest absolute Gasteiger partial charge is 0.274 e. The van der Waals surface area contributed by atoms with Crippen molar-refractivity contribution in [1.82, 2.24) is 4.90 Å². The van der Waals surface area contributed by atoms with Crippen LogP contribution in [0, 0.1) is 17.4 Å². The molecule has 1 aliphatic heterocycles. The van der Waals surface area contributed by atoms with Crippen LogP contribution < -0.4 is 0 Å². The molecule has 3 heteroatoms. The molecule has 1 amide bonds. The first-order valence-corrected chi connectivity index (χ1v) is 3.38. The third-order valence-corrected chi connectivity index (χ3v) is 1.86. The lowest BCUT2D eigenvalue weighted by Gasteiger charge is -2.36. The van der Waals surface area contributed by atoms with Crippen molar-refractivity contribution < 1.29 is 4.79 Å². The minimum Gasteiger partial charge on any atom is -0.274 e. The van der Waals surface area contributed by atoms with Crippen LogP contribution in [0.25, 0.3) is 0 Å². The molecule has 1 aliphatic rings. The van der Waals surface area contributed by atoms with Gasteiger partial charge in [-0.05, 0) is 5.92 Å². The van der Waals surface area contributed by atoms with E-state index in [4.69, 9.17) is 5.26 Å². The van der Waals surface area contributed by atoms with Gasteiger partial charge in [0.25, 0.3) is 0 Å². The highest BCUT2D eigenvalue weighted by Crippen LogP contribution is 2.24. The van der Waals surface area contributed by atoms with Crippen molar-refractivity contribution in [2.45, 2.75) is 26.3 Å². The lowest BCUT2D eigenvalue weighted by atomic mass is 9.92. The Morgan fingerprint density at radius 2 is 2.40 bits per heavy atom. The average Bonchev–Trinajstić information content (AvgIpc) is 1.83. The Balaban J connectivity index is 2.56. The molecular formula is C7H10N2O. The number of likely N-dealkylation sites (tertiary alicyclic amines) is 1. The zero-order chi connectivity index (χ0) is 7.72. The molecule has 0 aromatic heterocycles. The van der Waals surface area contributed by atoms with Crippen LogP contribution in [0.2, 0.25) is 0 Å². The summed E-state index contributed by atoms with van der Waals surface area (Å²) in [5.74, 6) is 0.360. The Kier molecular flexibility index (Phi) is 1.62. The summed E-state index contributed by atoms with van der Waals surface area (Å²) >= 11 is 0. The van der Waals surface area contributed by atoms with E-state index in [9.17, 15) is 4.79 Å². The van der Waals surface area contributed by atoms with Crippen molar-refractivity contribution in [2.75, 3.05) is 0 Å². The number of hydrogen-bond donors (Lipinski definition) is 0. The van der Waals surface area contributed by atoms with E-state index in [1.807, 2.05) is 20.0 Å². The zero-order valence-corrected chi connectivity index (χ0v) is 6.16. The molecule has 1 fully saturated rings. The Labute approximate surface area is 60.2 Å². The first-order chi connectivity index (χ1) is 4.66. The third-order valence-electron chi connectivity index (χ3n) is 1.86.